The molecule has 0 bridgehead atoms. The maximum absolute atomic E-state index is 5.52. The molecule has 0 aromatic heterocycles. The topological polar surface area (TPSA) is 9.23 Å². The predicted octanol–water partition coefficient (Wildman–Crippen LogP) is 2.46. The van der Waals surface area contributed by atoms with Crippen molar-refractivity contribution in [2.24, 2.45) is 0 Å². The summed E-state index contributed by atoms with van der Waals surface area (Å²) in [5.41, 5.74) is 2.42. The van der Waals surface area contributed by atoms with Gasteiger partial charge < -0.3 is 0 Å². The van der Waals surface area contributed by atoms with Crippen molar-refractivity contribution in [1.29, 1.82) is 0 Å². The monoisotopic (exact) mass is 183 g/mol. The first-order valence-corrected chi connectivity index (χ1v) is 5.62. The summed E-state index contributed by atoms with van der Waals surface area (Å²) in [7, 11) is 5.52. The fourth-order valence-electron chi connectivity index (χ4n) is 0.900. The average Bonchev–Trinajstić information content (AvgIpc) is 1.99. The second-order valence-corrected chi connectivity index (χ2v) is 3.35. The first-order chi connectivity index (χ1) is 5.25. The number of rotatable bonds is 2. The molecule has 0 spiro atoms. The normalized spacial score (nSPS) is 9.00. The van der Waals surface area contributed by atoms with Crippen LogP contribution < -0.4 is 3.79 Å². The third-order valence-corrected chi connectivity index (χ3v) is 2.34. The molecule has 3 heteroatoms. The SMILES string of the molecule is Cc1cccc([O][Al+][Cl])c1C. The van der Waals surface area contributed by atoms with Gasteiger partial charge >= 0.3 is 77.4 Å². The van der Waals surface area contributed by atoms with Crippen LogP contribution >= 0.6 is 10.0 Å². The van der Waals surface area contributed by atoms with Gasteiger partial charge in [0.15, 0.2) is 0 Å². The number of aryl methyl sites for hydroxylation is 1. The molecule has 0 unspecified atom stereocenters. The van der Waals surface area contributed by atoms with E-state index in [2.05, 4.69) is 13.0 Å². The fourth-order valence-corrected chi connectivity index (χ4v) is 1.54. The Bertz CT molecular complexity index is 250. The van der Waals surface area contributed by atoms with Crippen LogP contribution in [0.25, 0.3) is 0 Å². The summed E-state index contributed by atoms with van der Waals surface area (Å²) in [6, 6.07) is 5.98. The van der Waals surface area contributed by atoms with Gasteiger partial charge in [0.05, 0.1) is 0 Å². The number of hydrogen-bond acceptors (Lipinski definition) is 1. The molecule has 0 atom stereocenters. The van der Waals surface area contributed by atoms with E-state index in [0.717, 1.165) is 5.75 Å². The standard InChI is InChI=1S/C8H10O.Al.ClH/c1-6-4-3-5-8(9)7(6)2;;/h3-5,9H,1-2H3;;1H/q;+3;/p-2. The Morgan fingerprint density at radius 3 is 2.73 bits per heavy atom. The van der Waals surface area contributed by atoms with Crippen LogP contribution in [-0.2, 0) is 0 Å². The Balaban J connectivity index is 2.96. The van der Waals surface area contributed by atoms with Crippen LogP contribution in [0.1, 0.15) is 11.1 Å². The van der Waals surface area contributed by atoms with Crippen molar-refractivity contribution in [2.45, 2.75) is 13.8 Å². The molecular formula is C8H9AlClO+. The third kappa shape index (κ3) is 2.13. The minimum absolute atomic E-state index is 0.425. The van der Waals surface area contributed by atoms with E-state index in [1.807, 2.05) is 19.1 Å². The summed E-state index contributed by atoms with van der Waals surface area (Å²) in [6.07, 6.45) is 0. The Morgan fingerprint density at radius 1 is 1.36 bits per heavy atom. The van der Waals surface area contributed by atoms with Crippen molar-refractivity contribution in [2.75, 3.05) is 0 Å². The first-order valence-electron chi connectivity index (χ1n) is 3.40. The maximum atomic E-state index is 5.52. The van der Waals surface area contributed by atoms with Crippen molar-refractivity contribution >= 4 is 24.7 Å². The van der Waals surface area contributed by atoms with Gasteiger partial charge in [0.25, 0.3) is 0 Å². The predicted molar refractivity (Wildman–Crippen MR) is 48.2 cm³/mol. The quantitative estimate of drug-likeness (QED) is 0.640. The van der Waals surface area contributed by atoms with E-state index in [0.29, 0.717) is 0 Å². The molecule has 1 aromatic rings. The molecule has 0 fully saturated rings. The van der Waals surface area contributed by atoms with Crippen molar-refractivity contribution < 1.29 is 3.79 Å². The van der Waals surface area contributed by atoms with E-state index >= 15 is 0 Å². The minimum atomic E-state index is -0.425. The van der Waals surface area contributed by atoms with Gasteiger partial charge in [0.2, 0.25) is 0 Å². The molecule has 0 radical (unpaired) electrons. The zero-order valence-electron chi connectivity index (χ0n) is 6.60. The van der Waals surface area contributed by atoms with Crippen molar-refractivity contribution in [3.63, 3.8) is 0 Å². The summed E-state index contributed by atoms with van der Waals surface area (Å²) >= 11 is -0.425. The molecule has 0 N–H and O–H groups in total. The van der Waals surface area contributed by atoms with Gasteiger partial charge in [-0.25, -0.2) is 0 Å². The Kier molecular flexibility index (Phi) is 3.26. The zero-order chi connectivity index (χ0) is 8.27. The van der Waals surface area contributed by atoms with Gasteiger partial charge in [-0.15, -0.1) is 0 Å². The number of hydrogen-bond donors (Lipinski definition) is 0. The molecule has 1 rings (SSSR count). The molecule has 0 aliphatic heterocycles. The van der Waals surface area contributed by atoms with Gasteiger partial charge in [-0.3, -0.25) is 0 Å². The summed E-state index contributed by atoms with van der Waals surface area (Å²) in [5.74, 6) is 0.912. The van der Waals surface area contributed by atoms with Gasteiger partial charge in [-0.2, -0.15) is 0 Å². The third-order valence-electron chi connectivity index (χ3n) is 1.73. The van der Waals surface area contributed by atoms with E-state index in [1.165, 1.54) is 11.1 Å². The first kappa shape index (κ1) is 8.93. The molecule has 56 valence electrons. The van der Waals surface area contributed by atoms with Crippen molar-refractivity contribution in [3.05, 3.63) is 29.3 Å². The van der Waals surface area contributed by atoms with Gasteiger partial charge in [-0.1, -0.05) is 0 Å². The zero-order valence-corrected chi connectivity index (χ0v) is 8.51. The van der Waals surface area contributed by atoms with Crippen molar-refractivity contribution in [3.8, 4) is 5.75 Å². The van der Waals surface area contributed by atoms with Gasteiger partial charge in [0, 0.05) is 0 Å². The molecule has 0 aliphatic carbocycles. The summed E-state index contributed by atoms with van der Waals surface area (Å²) in [5, 5.41) is 0. The summed E-state index contributed by atoms with van der Waals surface area (Å²) < 4.78 is 5.27. The van der Waals surface area contributed by atoms with E-state index < -0.39 is 14.6 Å². The summed E-state index contributed by atoms with van der Waals surface area (Å²) in [4.78, 5) is 0. The van der Waals surface area contributed by atoms with Crippen LogP contribution in [0, 0.1) is 13.8 Å². The van der Waals surface area contributed by atoms with E-state index in [1.54, 1.807) is 0 Å². The molecular weight excluding hydrogens is 175 g/mol. The molecule has 0 aliphatic rings. The molecule has 1 aromatic carbocycles. The van der Waals surface area contributed by atoms with Crippen molar-refractivity contribution in [1.82, 2.24) is 0 Å². The molecule has 11 heavy (non-hydrogen) atoms. The second kappa shape index (κ2) is 4.02. The van der Waals surface area contributed by atoms with Crippen LogP contribution in [0.15, 0.2) is 18.2 Å². The Hall–Kier alpha value is -0.158. The van der Waals surface area contributed by atoms with E-state index in [-0.39, 0.29) is 0 Å². The molecule has 0 saturated carbocycles. The average molecular weight is 184 g/mol. The van der Waals surface area contributed by atoms with Crippen LogP contribution in [0.4, 0.5) is 0 Å². The number of benzene rings is 1. The molecule has 0 saturated heterocycles. The van der Waals surface area contributed by atoms with Crippen LogP contribution in [0.2, 0.25) is 0 Å². The fraction of sp³-hybridized carbons (Fsp3) is 0.250. The van der Waals surface area contributed by atoms with Crippen LogP contribution in [0.3, 0.4) is 0 Å². The van der Waals surface area contributed by atoms with Crippen LogP contribution in [0.5, 0.6) is 5.75 Å². The molecule has 1 nitrogen and oxygen atoms in total. The Morgan fingerprint density at radius 2 is 2.09 bits per heavy atom. The summed E-state index contributed by atoms with van der Waals surface area (Å²) in [6.45, 7) is 4.10. The van der Waals surface area contributed by atoms with Crippen LogP contribution in [-0.4, -0.2) is 14.6 Å². The van der Waals surface area contributed by atoms with Gasteiger partial charge in [-0.05, 0) is 0 Å². The molecule has 0 amide bonds. The number of halogens is 1. The Labute approximate surface area is 77.6 Å². The van der Waals surface area contributed by atoms with E-state index in [4.69, 9.17) is 13.8 Å². The van der Waals surface area contributed by atoms with Gasteiger partial charge in [0.1, 0.15) is 0 Å². The second-order valence-electron chi connectivity index (χ2n) is 2.40. The van der Waals surface area contributed by atoms with E-state index in [9.17, 15) is 0 Å². The molecule has 0 heterocycles.